The van der Waals surface area contributed by atoms with E-state index in [4.69, 9.17) is 0 Å². The fourth-order valence-electron chi connectivity index (χ4n) is 8.01. The third-order valence-electron chi connectivity index (χ3n) is 10.2. The molecule has 234 valence electrons. The molecule has 0 saturated heterocycles. The van der Waals surface area contributed by atoms with Crippen LogP contribution in [-0.2, 0) is 0 Å². The Morgan fingerprint density at radius 3 is 2.04 bits per heavy atom. The molecule has 11 aromatic rings. The minimum Gasteiger partial charge on any atom is -0.308 e. The van der Waals surface area contributed by atoms with Crippen molar-refractivity contribution in [2.45, 2.75) is 0 Å². The number of hydrogen-bond donors (Lipinski definition) is 0. The molecule has 50 heavy (non-hydrogen) atoms. The molecule has 0 bridgehead atoms. The van der Waals surface area contributed by atoms with Crippen LogP contribution in [0.25, 0.3) is 78.6 Å². The standard InChI is InChI=1S/C46H28N2S2/c1-2-13-30(14-3-1)48-38-19-8-6-16-33(38)34-18-10-21-40(45(34)48)47(39-20-11-23-43-44(39)36-17-7-9-22-41(36)49-43)31-25-27-42-37(28-31)35-26-24-29-12-4-5-15-32(29)46(35)50-42/h1-28H. The summed E-state index contributed by atoms with van der Waals surface area (Å²) in [6.45, 7) is 0. The van der Waals surface area contributed by atoms with E-state index in [0.717, 1.165) is 17.1 Å². The van der Waals surface area contributed by atoms with E-state index in [-0.39, 0.29) is 0 Å². The largest absolute Gasteiger partial charge is 0.308 e. The molecule has 0 unspecified atom stereocenters. The summed E-state index contributed by atoms with van der Waals surface area (Å²) in [5.74, 6) is 0. The minimum absolute atomic E-state index is 1.14. The van der Waals surface area contributed by atoms with Gasteiger partial charge in [0.25, 0.3) is 0 Å². The van der Waals surface area contributed by atoms with E-state index < -0.39 is 0 Å². The number of rotatable bonds is 4. The molecule has 0 aliphatic rings. The van der Waals surface area contributed by atoms with Gasteiger partial charge in [-0.2, -0.15) is 0 Å². The first-order valence-corrected chi connectivity index (χ1v) is 18.6. The van der Waals surface area contributed by atoms with Crippen LogP contribution in [-0.4, -0.2) is 4.57 Å². The summed E-state index contributed by atoms with van der Waals surface area (Å²) >= 11 is 3.76. The van der Waals surface area contributed by atoms with E-state index in [2.05, 4.69) is 179 Å². The zero-order chi connectivity index (χ0) is 32.8. The molecular weight excluding hydrogens is 645 g/mol. The van der Waals surface area contributed by atoms with Crippen molar-refractivity contribution < 1.29 is 0 Å². The molecule has 2 nitrogen and oxygen atoms in total. The molecule has 0 amide bonds. The molecule has 0 radical (unpaired) electrons. The zero-order valence-electron chi connectivity index (χ0n) is 26.9. The molecule has 0 aliphatic heterocycles. The highest BCUT2D eigenvalue weighted by Gasteiger charge is 2.24. The Bertz CT molecular complexity index is 3110. The van der Waals surface area contributed by atoms with Crippen molar-refractivity contribution in [3.05, 3.63) is 170 Å². The molecule has 4 heteroatoms. The summed E-state index contributed by atoms with van der Waals surface area (Å²) in [6.07, 6.45) is 0. The summed E-state index contributed by atoms with van der Waals surface area (Å²) in [7, 11) is 0. The monoisotopic (exact) mass is 672 g/mol. The van der Waals surface area contributed by atoms with Crippen molar-refractivity contribution in [1.82, 2.24) is 4.57 Å². The summed E-state index contributed by atoms with van der Waals surface area (Å²) < 4.78 is 7.69. The van der Waals surface area contributed by atoms with Gasteiger partial charge in [-0.3, -0.25) is 0 Å². The lowest BCUT2D eigenvalue weighted by molar-refractivity contribution is 1.17. The summed E-state index contributed by atoms with van der Waals surface area (Å²) in [4.78, 5) is 2.52. The molecule has 0 spiro atoms. The molecule has 0 atom stereocenters. The number of anilines is 3. The van der Waals surface area contributed by atoms with Crippen molar-refractivity contribution in [1.29, 1.82) is 0 Å². The summed E-state index contributed by atoms with van der Waals surface area (Å²) in [6, 6.07) is 62.4. The first-order chi connectivity index (χ1) is 24.8. The quantitative estimate of drug-likeness (QED) is 0.181. The fourth-order valence-corrected chi connectivity index (χ4v) is 10.4. The highest BCUT2D eigenvalue weighted by molar-refractivity contribution is 7.27. The van der Waals surface area contributed by atoms with Crippen LogP contribution in [0.15, 0.2) is 170 Å². The molecule has 0 N–H and O–H groups in total. The average molecular weight is 673 g/mol. The number of aromatic nitrogens is 1. The highest BCUT2D eigenvalue weighted by atomic mass is 32.1. The fraction of sp³-hybridized carbons (Fsp3) is 0. The van der Waals surface area contributed by atoms with Crippen molar-refractivity contribution >= 4 is 113 Å². The average Bonchev–Trinajstić information content (AvgIpc) is 3.86. The molecular formula is C46H28N2S2. The molecule has 8 aromatic carbocycles. The normalized spacial score (nSPS) is 12.0. The number of thiophene rings is 2. The first-order valence-electron chi connectivity index (χ1n) is 16.9. The Balaban J connectivity index is 1.28. The van der Waals surface area contributed by atoms with Gasteiger partial charge in [0.05, 0.1) is 22.4 Å². The third-order valence-corrected chi connectivity index (χ3v) is 12.5. The second-order valence-electron chi connectivity index (χ2n) is 12.9. The van der Waals surface area contributed by atoms with Crippen molar-refractivity contribution in [2.24, 2.45) is 0 Å². The first kappa shape index (κ1) is 28.0. The Kier molecular flexibility index (Phi) is 6.03. The molecule has 0 fully saturated rings. The van der Waals surface area contributed by atoms with Gasteiger partial charge >= 0.3 is 0 Å². The molecule has 3 heterocycles. The van der Waals surface area contributed by atoms with Gasteiger partial charge in [-0.25, -0.2) is 0 Å². The number of para-hydroxylation sites is 3. The van der Waals surface area contributed by atoms with Crippen molar-refractivity contribution in [2.75, 3.05) is 4.90 Å². The number of fused-ring (bicyclic) bond motifs is 11. The lowest BCUT2D eigenvalue weighted by Gasteiger charge is -2.28. The molecule has 3 aromatic heterocycles. The topological polar surface area (TPSA) is 8.17 Å². The lowest BCUT2D eigenvalue weighted by Crippen LogP contribution is -2.12. The number of nitrogens with zero attached hydrogens (tertiary/aromatic N) is 2. The highest BCUT2D eigenvalue weighted by Crippen LogP contribution is 2.49. The van der Waals surface area contributed by atoms with Gasteiger partial charge in [-0.1, -0.05) is 109 Å². The van der Waals surface area contributed by atoms with E-state index in [0.29, 0.717) is 0 Å². The van der Waals surface area contributed by atoms with Gasteiger partial charge < -0.3 is 9.47 Å². The Morgan fingerprint density at radius 2 is 1.12 bits per heavy atom. The van der Waals surface area contributed by atoms with Crippen LogP contribution in [0.3, 0.4) is 0 Å². The van der Waals surface area contributed by atoms with Gasteiger partial charge in [-0.15, -0.1) is 22.7 Å². The maximum atomic E-state index is 2.52. The van der Waals surface area contributed by atoms with Crippen LogP contribution < -0.4 is 4.90 Å². The minimum atomic E-state index is 1.14. The molecule has 0 aliphatic carbocycles. The van der Waals surface area contributed by atoms with Gasteiger partial charge in [0, 0.05) is 62.5 Å². The Morgan fingerprint density at radius 1 is 0.420 bits per heavy atom. The Hall–Kier alpha value is -5.94. The molecule has 11 rings (SSSR count). The number of hydrogen-bond acceptors (Lipinski definition) is 3. The Labute approximate surface area is 296 Å². The van der Waals surface area contributed by atoms with Crippen LogP contribution in [0.4, 0.5) is 17.1 Å². The summed E-state index contributed by atoms with van der Waals surface area (Å²) in [5.41, 5.74) is 7.02. The maximum absolute atomic E-state index is 2.52. The summed E-state index contributed by atoms with van der Waals surface area (Å²) in [5, 5.41) is 10.3. The van der Waals surface area contributed by atoms with Gasteiger partial charge in [0.15, 0.2) is 0 Å². The predicted octanol–water partition coefficient (Wildman–Crippen LogP) is 14.1. The van der Waals surface area contributed by atoms with Gasteiger partial charge in [0.2, 0.25) is 0 Å². The van der Waals surface area contributed by atoms with Gasteiger partial charge in [0.1, 0.15) is 0 Å². The second kappa shape index (κ2) is 10.8. The van der Waals surface area contributed by atoms with Crippen molar-refractivity contribution in [3.63, 3.8) is 0 Å². The van der Waals surface area contributed by atoms with E-state index in [1.54, 1.807) is 0 Å². The SMILES string of the molecule is c1ccc(-n2c3ccccc3c3cccc(N(c4ccc5sc6c7ccccc7ccc6c5c4)c4cccc5sc6ccccc6c45)c32)cc1. The number of benzene rings is 8. The maximum Gasteiger partial charge on any atom is 0.0782 e. The van der Waals surface area contributed by atoms with E-state index in [1.807, 2.05) is 22.7 Å². The predicted molar refractivity (Wildman–Crippen MR) is 219 cm³/mol. The van der Waals surface area contributed by atoms with Crippen LogP contribution in [0.5, 0.6) is 0 Å². The van der Waals surface area contributed by atoms with Crippen LogP contribution in [0.1, 0.15) is 0 Å². The van der Waals surface area contributed by atoms with Crippen molar-refractivity contribution in [3.8, 4) is 5.69 Å². The molecule has 0 saturated carbocycles. The van der Waals surface area contributed by atoms with Crippen LogP contribution in [0, 0.1) is 0 Å². The van der Waals surface area contributed by atoms with E-state index >= 15 is 0 Å². The van der Waals surface area contributed by atoms with Gasteiger partial charge in [-0.05, 0) is 71.4 Å². The van der Waals surface area contributed by atoms with E-state index in [9.17, 15) is 0 Å². The van der Waals surface area contributed by atoms with Crippen LogP contribution in [0.2, 0.25) is 0 Å². The lowest BCUT2D eigenvalue weighted by atomic mass is 10.0. The van der Waals surface area contributed by atoms with E-state index in [1.165, 1.54) is 78.6 Å². The smallest absolute Gasteiger partial charge is 0.0782 e. The van der Waals surface area contributed by atoms with Crippen LogP contribution >= 0.6 is 22.7 Å². The third kappa shape index (κ3) is 4.01. The zero-order valence-corrected chi connectivity index (χ0v) is 28.5. The second-order valence-corrected chi connectivity index (χ2v) is 15.0.